The van der Waals surface area contributed by atoms with Crippen LogP contribution in [0.2, 0.25) is 0 Å². The van der Waals surface area contributed by atoms with Gasteiger partial charge in [-0.25, -0.2) is 9.97 Å². The van der Waals surface area contributed by atoms with Crippen LogP contribution in [0, 0.1) is 5.92 Å². The molecular weight excluding hydrogens is 224 g/mol. The minimum atomic E-state index is 0.399. The summed E-state index contributed by atoms with van der Waals surface area (Å²) < 4.78 is 2.29. The lowest BCUT2D eigenvalue weighted by Crippen LogP contribution is -2.45. The first kappa shape index (κ1) is 11.7. The molecule has 1 aliphatic rings. The van der Waals surface area contributed by atoms with Crippen molar-refractivity contribution < 1.29 is 0 Å². The van der Waals surface area contributed by atoms with Crippen molar-refractivity contribution in [1.29, 1.82) is 0 Å². The summed E-state index contributed by atoms with van der Waals surface area (Å²) in [6.07, 6.45) is 1.85. The lowest BCUT2D eigenvalue weighted by Gasteiger charge is -2.32. The Bertz CT molecular complexity index is 554. The van der Waals surface area contributed by atoms with E-state index in [2.05, 4.69) is 41.7 Å². The molecule has 1 N–H and O–H groups in total. The number of imidazole rings is 1. The second kappa shape index (κ2) is 4.35. The lowest BCUT2D eigenvalue weighted by molar-refractivity contribution is 0.289. The largest absolute Gasteiger partial charge is 0.316 e. The summed E-state index contributed by atoms with van der Waals surface area (Å²) in [6.45, 7) is 8.90. The van der Waals surface area contributed by atoms with Crippen molar-refractivity contribution in [1.82, 2.24) is 19.9 Å². The lowest BCUT2D eigenvalue weighted by atomic mass is 9.88. The average Bonchev–Trinajstić information content (AvgIpc) is 2.65. The SMILES string of the molecule is CC(c1nc2cccnc2n1C(C)C)C1CNC1. The van der Waals surface area contributed by atoms with E-state index >= 15 is 0 Å². The highest BCUT2D eigenvalue weighted by Gasteiger charge is 2.29. The highest BCUT2D eigenvalue weighted by atomic mass is 15.2. The fourth-order valence-corrected chi connectivity index (χ4v) is 2.65. The van der Waals surface area contributed by atoms with E-state index in [-0.39, 0.29) is 0 Å². The van der Waals surface area contributed by atoms with Gasteiger partial charge in [-0.3, -0.25) is 0 Å². The number of rotatable bonds is 3. The molecule has 3 heterocycles. The van der Waals surface area contributed by atoms with E-state index in [1.54, 1.807) is 0 Å². The van der Waals surface area contributed by atoms with Gasteiger partial charge in [0.1, 0.15) is 11.3 Å². The van der Waals surface area contributed by atoms with Gasteiger partial charge in [-0.2, -0.15) is 0 Å². The molecule has 4 nitrogen and oxygen atoms in total. The summed E-state index contributed by atoms with van der Waals surface area (Å²) in [5.41, 5.74) is 2.03. The number of nitrogens with zero attached hydrogens (tertiary/aromatic N) is 3. The summed E-state index contributed by atoms with van der Waals surface area (Å²) >= 11 is 0. The van der Waals surface area contributed by atoms with Crippen molar-refractivity contribution in [3.05, 3.63) is 24.2 Å². The second-order valence-corrected chi connectivity index (χ2v) is 5.49. The number of pyridine rings is 1. The zero-order valence-corrected chi connectivity index (χ0v) is 11.2. The molecule has 0 spiro atoms. The van der Waals surface area contributed by atoms with Crippen LogP contribution in [0.5, 0.6) is 0 Å². The van der Waals surface area contributed by atoms with Crippen molar-refractivity contribution in [3.63, 3.8) is 0 Å². The zero-order valence-electron chi connectivity index (χ0n) is 11.2. The molecule has 2 aromatic rings. The first-order valence-corrected chi connectivity index (χ1v) is 6.72. The van der Waals surface area contributed by atoms with E-state index in [9.17, 15) is 0 Å². The maximum atomic E-state index is 4.81. The Morgan fingerprint density at radius 1 is 1.33 bits per heavy atom. The Kier molecular flexibility index (Phi) is 2.82. The second-order valence-electron chi connectivity index (χ2n) is 5.49. The molecule has 0 bridgehead atoms. The zero-order chi connectivity index (χ0) is 12.7. The monoisotopic (exact) mass is 244 g/mol. The molecule has 96 valence electrons. The Morgan fingerprint density at radius 3 is 2.72 bits per heavy atom. The van der Waals surface area contributed by atoms with Crippen molar-refractivity contribution in [2.24, 2.45) is 5.92 Å². The Hall–Kier alpha value is -1.42. The molecule has 3 rings (SSSR count). The minimum Gasteiger partial charge on any atom is -0.316 e. The van der Waals surface area contributed by atoms with Gasteiger partial charge in [0.15, 0.2) is 5.65 Å². The van der Waals surface area contributed by atoms with Crippen molar-refractivity contribution in [3.8, 4) is 0 Å². The fourth-order valence-electron chi connectivity index (χ4n) is 2.65. The number of hydrogen-bond donors (Lipinski definition) is 1. The topological polar surface area (TPSA) is 42.7 Å². The van der Waals surface area contributed by atoms with Crippen LogP contribution in [0.3, 0.4) is 0 Å². The van der Waals surface area contributed by atoms with Crippen LogP contribution in [0.1, 0.15) is 38.6 Å². The van der Waals surface area contributed by atoms with E-state index in [1.165, 1.54) is 5.82 Å². The number of aromatic nitrogens is 3. The quantitative estimate of drug-likeness (QED) is 0.901. The van der Waals surface area contributed by atoms with Gasteiger partial charge in [-0.05, 0) is 45.0 Å². The van der Waals surface area contributed by atoms with E-state index in [4.69, 9.17) is 4.98 Å². The summed E-state index contributed by atoms with van der Waals surface area (Å²) in [7, 11) is 0. The fraction of sp³-hybridized carbons (Fsp3) is 0.571. The highest BCUT2D eigenvalue weighted by Crippen LogP contribution is 2.30. The Labute approximate surface area is 107 Å². The molecule has 0 aliphatic carbocycles. The maximum Gasteiger partial charge on any atom is 0.160 e. The van der Waals surface area contributed by atoms with Gasteiger partial charge in [0, 0.05) is 18.2 Å². The first-order chi connectivity index (χ1) is 8.68. The third-order valence-electron chi connectivity index (χ3n) is 3.92. The molecule has 0 radical (unpaired) electrons. The van der Waals surface area contributed by atoms with Crippen molar-refractivity contribution >= 4 is 11.2 Å². The standard InChI is InChI=1S/C14H20N4/c1-9(2)18-13(10(3)11-7-15-8-11)17-12-5-4-6-16-14(12)18/h4-6,9-11,15H,7-8H2,1-3H3. The number of hydrogen-bond acceptors (Lipinski definition) is 3. The van der Waals surface area contributed by atoms with E-state index in [0.717, 1.165) is 24.3 Å². The maximum absolute atomic E-state index is 4.81. The minimum absolute atomic E-state index is 0.399. The third-order valence-corrected chi connectivity index (χ3v) is 3.92. The van der Waals surface area contributed by atoms with Crippen LogP contribution in [0.4, 0.5) is 0 Å². The van der Waals surface area contributed by atoms with Gasteiger partial charge < -0.3 is 9.88 Å². The molecule has 0 saturated carbocycles. The molecule has 1 aliphatic heterocycles. The number of nitrogens with one attached hydrogen (secondary N) is 1. The Morgan fingerprint density at radius 2 is 2.11 bits per heavy atom. The highest BCUT2D eigenvalue weighted by molar-refractivity contribution is 5.71. The van der Waals surface area contributed by atoms with Crippen molar-refractivity contribution in [2.45, 2.75) is 32.7 Å². The normalized spacial score (nSPS) is 18.2. The Balaban J connectivity index is 2.11. The third kappa shape index (κ3) is 1.72. The summed E-state index contributed by atoms with van der Waals surface area (Å²) in [6, 6.07) is 4.41. The molecule has 18 heavy (non-hydrogen) atoms. The molecule has 0 aromatic carbocycles. The van der Waals surface area contributed by atoms with Crippen LogP contribution in [-0.2, 0) is 0 Å². The van der Waals surface area contributed by atoms with Gasteiger partial charge >= 0.3 is 0 Å². The number of fused-ring (bicyclic) bond motifs is 1. The van der Waals surface area contributed by atoms with Gasteiger partial charge in [0.25, 0.3) is 0 Å². The van der Waals surface area contributed by atoms with Crippen LogP contribution in [-0.4, -0.2) is 27.6 Å². The molecule has 1 atom stereocenters. The molecule has 1 fully saturated rings. The van der Waals surface area contributed by atoms with Crippen LogP contribution >= 0.6 is 0 Å². The van der Waals surface area contributed by atoms with Gasteiger partial charge in [-0.1, -0.05) is 6.92 Å². The van der Waals surface area contributed by atoms with Crippen LogP contribution < -0.4 is 5.32 Å². The molecule has 0 amide bonds. The van der Waals surface area contributed by atoms with Gasteiger partial charge in [0.05, 0.1) is 0 Å². The van der Waals surface area contributed by atoms with Crippen LogP contribution in [0.25, 0.3) is 11.2 Å². The van der Waals surface area contributed by atoms with E-state index in [1.807, 2.05) is 12.3 Å². The van der Waals surface area contributed by atoms with Crippen LogP contribution in [0.15, 0.2) is 18.3 Å². The smallest absolute Gasteiger partial charge is 0.160 e. The van der Waals surface area contributed by atoms with E-state index in [0.29, 0.717) is 17.9 Å². The molecule has 1 saturated heterocycles. The summed E-state index contributed by atoms with van der Waals surface area (Å²) in [5.74, 6) is 2.38. The summed E-state index contributed by atoms with van der Waals surface area (Å²) in [5, 5.41) is 3.34. The van der Waals surface area contributed by atoms with Crippen molar-refractivity contribution in [2.75, 3.05) is 13.1 Å². The molecule has 2 aromatic heterocycles. The predicted molar refractivity (Wildman–Crippen MR) is 72.7 cm³/mol. The molecule has 1 unspecified atom stereocenters. The van der Waals surface area contributed by atoms with Gasteiger partial charge in [-0.15, -0.1) is 0 Å². The summed E-state index contributed by atoms with van der Waals surface area (Å²) in [4.78, 5) is 9.30. The van der Waals surface area contributed by atoms with E-state index < -0.39 is 0 Å². The first-order valence-electron chi connectivity index (χ1n) is 6.72. The molecular formula is C14H20N4. The average molecular weight is 244 g/mol. The van der Waals surface area contributed by atoms with Gasteiger partial charge in [0.2, 0.25) is 0 Å². The predicted octanol–water partition coefficient (Wildman–Crippen LogP) is 2.34. The molecule has 4 heteroatoms.